The molecule has 0 saturated carbocycles. The van der Waals surface area contributed by atoms with E-state index in [0.717, 1.165) is 26.1 Å². The Balaban J connectivity index is 2.14. The maximum absolute atomic E-state index is 11.6. The van der Waals surface area contributed by atoms with Crippen LogP contribution in [0.25, 0.3) is 0 Å². The van der Waals surface area contributed by atoms with Crippen LogP contribution in [0.4, 0.5) is 0 Å². The lowest BCUT2D eigenvalue weighted by Crippen LogP contribution is -2.19. The van der Waals surface area contributed by atoms with Gasteiger partial charge < -0.3 is 9.47 Å². The summed E-state index contributed by atoms with van der Waals surface area (Å²) in [6, 6.07) is 0.309. The Morgan fingerprint density at radius 2 is 2.35 bits per heavy atom. The molecule has 1 aromatic rings. The summed E-state index contributed by atoms with van der Waals surface area (Å²) in [5, 5.41) is 4.31. The Morgan fingerprint density at radius 3 is 3.00 bits per heavy atom. The first kappa shape index (κ1) is 12.6. The molecule has 2 rings (SSSR count). The van der Waals surface area contributed by atoms with Crippen LogP contribution in [0, 0.1) is 0 Å². The summed E-state index contributed by atoms with van der Waals surface area (Å²) in [6.45, 7) is 3.65. The van der Waals surface area contributed by atoms with Crippen molar-refractivity contribution in [3.05, 3.63) is 16.4 Å². The quantitative estimate of drug-likeness (QED) is 0.803. The average molecular weight is 303 g/mol. The maximum atomic E-state index is 11.6. The van der Waals surface area contributed by atoms with Gasteiger partial charge in [0.25, 0.3) is 0 Å². The van der Waals surface area contributed by atoms with Crippen molar-refractivity contribution in [2.45, 2.75) is 25.8 Å². The van der Waals surface area contributed by atoms with Gasteiger partial charge in [-0.2, -0.15) is 5.10 Å². The summed E-state index contributed by atoms with van der Waals surface area (Å²) in [5.41, 5.74) is 0.485. The average Bonchev–Trinajstić information content (AvgIpc) is 2.73. The number of rotatable bonds is 3. The fourth-order valence-corrected chi connectivity index (χ4v) is 2.30. The molecular weight excluding hydrogens is 288 g/mol. The van der Waals surface area contributed by atoms with E-state index in [1.54, 1.807) is 13.1 Å². The second kappa shape index (κ2) is 5.64. The van der Waals surface area contributed by atoms with Gasteiger partial charge in [0.1, 0.15) is 10.2 Å². The molecule has 0 aromatic carbocycles. The van der Waals surface area contributed by atoms with E-state index in [4.69, 9.17) is 9.47 Å². The fraction of sp³-hybridized carbons (Fsp3) is 0.636. The zero-order valence-corrected chi connectivity index (χ0v) is 11.3. The second-order valence-corrected chi connectivity index (χ2v) is 4.63. The molecule has 0 N–H and O–H groups in total. The van der Waals surface area contributed by atoms with Gasteiger partial charge in [-0.05, 0) is 35.7 Å². The molecule has 1 aliphatic heterocycles. The van der Waals surface area contributed by atoms with Gasteiger partial charge in [-0.15, -0.1) is 0 Å². The van der Waals surface area contributed by atoms with Gasteiger partial charge in [0.2, 0.25) is 0 Å². The SMILES string of the molecule is CCOC(=O)c1cn(C2CCOCC2)nc1Br. The molecule has 0 atom stereocenters. The number of carbonyl (C=O) groups is 1. The van der Waals surface area contributed by atoms with E-state index in [2.05, 4.69) is 21.0 Å². The van der Waals surface area contributed by atoms with Gasteiger partial charge in [-0.1, -0.05) is 0 Å². The highest BCUT2D eigenvalue weighted by molar-refractivity contribution is 9.10. The zero-order chi connectivity index (χ0) is 12.3. The molecule has 5 nitrogen and oxygen atoms in total. The van der Waals surface area contributed by atoms with E-state index in [1.807, 2.05) is 4.68 Å². The fourth-order valence-electron chi connectivity index (χ4n) is 1.85. The predicted octanol–water partition coefficient (Wildman–Crippen LogP) is 2.17. The van der Waals surface area contributed by atoms with Crippen LogP contribution in [-0.2, 0) is 9.47 Å². The smallest absolute Gasteiger partial charge is 0.342 e. The van der Waals surface area contributed by atoms with Crippen molar-refractivity contribution in [2.75, 3.05) is 19.8 Å². The summed E-state index contributed by atoms with van der Waals surface area (Å²) < 4.78 is 12.6. The number of esters is 1. The van der Waals surface area contributed by atoms with E-state index in [9.17, 15) is 4.79 Å². The minimum Gasteiger partial charge on any atom is -0.462 e. The third-order valence-electron chi connectivity index (χ3n) is 2.75. The third kappa shape index (κ3) is 2.87. The number of aromatic nitrogens is 2. The van der Waals surface area contributed by atoms with Gasteiger partial charge in [0, 0.05) is 19.4 Å². The van der Waals surface area contributed by atoms with Gasteiger partial charge in [-0.25, -0.2) is 4.79 Å². The first-order valence-electron chi connectivity index (χ1n) is 5.72. The van der Waals surface area contributed by atoms with Gasteiger partial charge in [0.15, 0.2) is 0 Å². The van der Waals surface area contributed by atoms with Crippen LogP contribution in [0.2, 0.25) is 0 Å². The van der Waals surface area contributed by atoms with Crippen molar-refractivity contribution in [3.8, 4) is 0 Å². The summed E-state index contributed by atoms with van der Waals surface area (Å²) in [5.74, 6) is -0.335. The molecule has 0 radical (unpaired) electrons. The molecule has 0 bridgehead atoms. The zero-order valence-electron chi connectivity index (χ0n) is 9.69. The minimum absolute atomic E-state index is 0.309. The maximum Gasteiger partial charge on any atom is 0.342 e. The lowest BCUT2D eigenvalue weighted by atomic mass is 10.1. The van der Waals surface area contributed by atoms with Crippen molar-refractivity contribution >= 4 is 21.9 Å². The summed E-state index contributed by atoms with van der Waals surface area (Å²) in [7, 11) is 0. The van der Waals surface area contributed by atoms with Crippen LogP contribution in [-0.4, -0.2) is 35.6 Å². The van der Waals surface area contributed by atoms with E-state index in [1.165, 1.54) is 0 Å². The van der Waals surface area contributed by atoms with Crippen LogP contribution in [0.3, 0.4) is 0 Å². The predicted molar refractivity (Wildman–Crippen MR) is 65.0 cm³/mol. The monoisotopic (exact) mass is 302 g/mol. The molecule has 2 heterocycles. The lowest BCUT2D eigenvalue weighted by Gasteiger charge is -2.22. The molecule has 1 aromatic heterocycles. The lowest BCUT2D eigenvalue weighted by molar-refractivity contribution is 0.0524. The van der Waals surface area contributed by atoms with Crippen molar-refractivity contribution in [2.24, 2.45) is 0 Å². The topological polar surface area (TPSA) is 53.4 Å². The Morgan fingerprint density at radius 1 is 1.65 bits per heavy atom. The van der Waals surface area contributed by atoms with E-state index < -0.39 is 0 Å². The molecule has 1 aliphatic rings. The van der Waals surface area contributed by atoms with Gasteiger partial charge in [0.05, 0.1) is 12.6 Å². The molecule has 94 valence electrons. The number of nitrogens with zero attached hydrogens (tertiary/aromatic N) is 2. The molecule has 0 amide bonds. The molecule has 0 aliphatic carbocycles. The normalized spacial score (nSPS) is 17.1. The first-order chi connectivity index (χ1) is 8.22. The molecule has 6 heteroatoms. The number of halogens is 1. The highest BCUT2D eigenvalue weighted by Crippen LogP contribution is 2.24. The minimum atomic E-state index is -0.335. The van der Waals surface area contributed by atoms with E-state index >= 15 is 0 Å². The van der Waals surface area contributed by atoms with Gasteiger partial charge in [-0.3, -0.25) is 4.68 Å². The van der Waals surface area contributed by atoms with Crippen molar-refractivity contribution < 1.29 is 14.3 Å². The molecular formula is C11H15BrN2O3. The van der Waals surface area contributed by atoms with Crippen molar-refractivity contribution in [3.63, 3.8) is 0 Å². The van der Waals surface area contributed by atoms with Crippen LogP contribution in [0.1, 0.15) is 36.2 Å². The third-order valence-corrected chi connectivity index (χ3v) is 3.33. The van der Waals surface area contributed by atoms with Crippen LogP contribution < -0.4 is 0 Å². The van der Waals surface area contributed by atoms with Crippen molar-refractivity contribution in [1.82, 2.24) is 9.78 Å². The molecule has 17 heavy (non-hydrogen) atoms. The number of hydrogen-bond donors (Lipinski definition) is 0. The second-order valence-electron chi connectivity index (χ2n) is 3.88. The van der Waals surface area contributed by atoms with Crippen LogP contribution in [0.15, 0.2) is 10.8 Å². The van der Waals surface area contributed by atoms with Gasteiger partial charge >= 0.3 is 5.97 Å². The Kier molecular flexibility index (Phi) is 4.17. The van der Waals surface area contributed by atoms with Crippen LogP contribution >= 0.6 is 15.9 Å². The highest BCUT2D eigenvalue weighted by Gasteiger charge is 2.21. The number of ether oxygens (including phenoxy) is 2. The summed E-state index contributed by atoms with van der Waals surface area (Å²) >= 11 is 3.29. The molecule has 0 spiro atoms. The first-order valence-corrected chi connectivity index (χ1v) is 6.51. The van der Waals surface area contributed by atoms with E-state index in [0.29, 0.717) is 22.8 Å². The summed E-state index contributed by atoms with van der Waals surface area (Å²) in [4.78, 5) is 11.6. The summed E-state index contributed by atoms with van der Waals surface area (Å²) in [6.07, 6.45) is 3.60. The largest absolute Gasteiger partial charge is 0.462 e. The molecule has 1 fully saturated rings. The van der Waals surface area contributed by atoms with E-state index in [-0.39, 0.29) is 5.97 Å². The molecule has 1 saturated heterocycles. The Labute approximate surface area is 108 Å². The number of carbonyl (C=O) groups excluding carboxylic acids is 1. The Bertz CT molecular complexity index is 399. The molecule has 0 unspecified atom stereocenters. The highest BCUT2D eigenvalue weighted by atomic mass is 79.9. The Hall–Kier alpha value is -0.880. The van der Waals surface area contributed by atoms with Crippen molar-refractivity contribution in [1.29, 1.82) is 0 Å². The number of hydrogen-bond acceptors (Lipinski definition) is 4. The van der Waals surface area contributed by atoms with Crippen LogP contribution in [0.5, 0.6) is 0 Å². The standard InChI is InChI=1S/C11H15BrN2O3/c1-2-17-11(15)9-7-14(13-10(9)12)8-3-5-16-6-4-8/h7-8H,2-6H2,1H3.